The van der Waals surface area contributed by atoms with Crippen molar-refractivity contribution in [1.82, 2.24) is 10.2 Å². The van der Waals surface area contributed by atoms with E-state index in [2.05, 4.69) is 24.4 Å². The summed E-state index contributed by atoms with van der Waals surface area (Å²) in [5.74, 6) is -5.80. The monoisotopic (exact) mass is 623 g/mol. The number of aliphatic hydroxyl groups excluding tert-OH is 1. The third-order valence-electron chi connectivity index (χ3n) is 6.67. The summed E-state index contributed by atoms with van der Waals surface area (Å²) in [6.07, 6.45) is 19.2. The van der Waals surface area contributed by atoms with Gasteiger partial charge in [0.1, 0.15) is 12.6 Å². The number of carbonyl (C=O) groups excluding carboxylic acids is 2. The molecular formula is C30H45N3O9S. The van der Waals surface area contributed by atoms with Gasteiger partial charge in [0, 0.05) is 23.8 Å². The molecule has 0 bridgehead atoms. The average molecular weight is 624 g/mol. The Bertz CT molecular complexity index is 1060. The number of carboxylic acid groups (broad SMARTS) is 3. The number of likely N-dealkylation sites (tertiary alicyclic amines) is 1. The molecule has 0 radical (unpaired) electrons. The second-order valence-electron chi connectivity index (χ2n) is 10.2. The molecule has 1 aliphatic heterocycles. The molecule has 1 aliphatic rings. The molecule has 1 rings (SSSR count). The molecule has 43 heavy (non-hydrogen) atoms. The van der Waals surface area contributed by atoms with Crippen LogP contribution in [-0.4, -0.2) is 90.4 Å². The van der Waals surface area contributed by atoms with E-state index in [-0.39, 0.29) is 37.9 Å². The summed E-state index contributed by atoms with van der Waals surface area (Å²) in [5, 5.41) is 39.9. The zero-order valence-electron chi connectivity index (χ0n) is 24.6. The van der Waals surface area contributed by atoms with E-state index in [0.29, 0.717) is 0 Å². The predicted octanol–water partition coefficient (Wildman–Crippen LogP) is 2.83. The number of unbranched alkanes of at least 4 members (excludes halogenated alkanes) is 3. The van der Waals surface area contributed by atoms with Gasteiger partial charge in [-0.05, 0) is 38.5 Å². The van der Waals surface area contributed by atoms with Gasteiger partial charge in [0.25, 0.3) is 5.91 Å². The van der Waals surface area contributed by atoms with E-state index in [9.17, 15) is 34.2 Å². The number of carboxylic acids is 3. The molecule has 4 atom stereocenters. The van der Waals surface area contributed by atoms with Crippen LogP contribution in [0.15, 0.2) is 48.6 Å². The second-order valence-corrected chi connectivity index (χ2v) is 11.4. The number of aliphatic hydroxyl groups is 1. The molecular weight excluding hydrogens is 578 g/mol. The maximum absolute atomic E-state index is 13.1. The molecule has 0 saturated carbocycles. The number of nitrogens with zero attached hydrogens (tertiary/aromatic N) is 1. The van der Waals surface area contributed by atoms with E-state index in [0.717, 1.165) is 29.5 Å². The van der Waals surface area contributed by atoms with E-state index in [1.165, 1.54) is 19.3 Å². The van der Waals surface area contributed by atoms with Crippen LogP contribution in [0, 0.1) is 0 Å². The summed E-state index contributed by atoms with van der Waals surface area (Å²) in [6, 6.07) is -1.39. The first-order valence-corrected chi connectivity index (χ1v) is 15.5. The Balaban J connectivity index is 3.07. The highest BCUT2D eigenvalue weighted by Gasteiger charge is 2.51. The Hall–Kier alpha value is -3.42. The fraction of sp³-hybridized carbons (Fsp3) is 0.567. The van der Waals surface area contributed by atoms with E-state index >= 15 is 0 Å². The number of hydrogen-bond acceptors (Lipinski definition) is 8. The lowest BCUT2D eigenvalue weighted by molar-refractivity contribution is -0.155. The molecule has 0 unspecified atom stereocenters. The Kier molecular flexibility index (Phi) is 17.9. The van der Waals surface area contributed by atoms with Crippen molar-refractivity contribution in [2.24, 2.45) is 5.73 Å². The molecule has 240 valence electrons. The van der Waals surface area contributed by atoms with E-state index in [1.54, 1.807) is 24.3 Å². The Labute approximate surface area is 256 Å². The number of amides is 2. The van der Waals surface area contributed by atoms with E-state index < -0.39 is 59.3 Å². The topological polar surface area (TPSA) is 208 Å². The molecule has 0 aromatic rings. The van der Waals surface area contributed by atoms with Crippen molar-refractivity contribution in [1.29, 1.82) is 0 Å². The van der Waals surface area contributed by atoms with Gasteiger partial charge in [-0.25, -0.2) is 4.79 Å². The highest BCUT2D eigenvalue weighted by molar-refractivity contribution is 8.00. The number of nitrogens with two attached hydrogens (primary N) is 1. The molecule has 2 amide bonds. The average Bonchev–Trinajstić information content (AvgIpc) is 3.35. The Morgan fingerprint density at radius 2 is 1.77 bits per heavy atom. The number of aliphatic carboxylic acids is 3. The van der Waals surface area contributed by atoms with Gasteiger partial charge in [0.2, 0.25) is 5.91 Å². The van der Waals surface area contributed by atoms with Crippen LogP contribution < -0.4 is 11.1 Å². The van der Waals surface area contributed by atoms with Crippen molar-refractivity contribution < 1.29 is 44.4 Å². The maximum atomic E-state index is 13.1. The van der Waals surface area contributed by atoms with Gasteiger partial charge in [-0.1, -0.05) is 68.4 Å². The van der Waals surface area contributed by atoms with Gasteiger partial charge in [0.05, 0.1) is 6.10 Å². The minimum absolute atomic E-state index is 0.0713. The molecule has 1 fully saturated rings. The summed E-state index contributed by atoms with van der Waals surface area (Å²) in [6.45, 7) is 1.37. The third kappa shape index (κ3) is 14.1. The van der Waals surface area contributed by atoms with Gasteiger partial charge in [-0.2, -0.15) is 0 Å². The number of hydrogen-bond donors (Lipinski definition) is 6. The van der Waals surface area contributed by atoms with E-state index in [4.69, 9.17) is 15.9 Å². The van der Waals surface area contributed by atoms with Crippen molar-refractivity contribution in [2.75, 3.05) is 12.3 Å². The standard InChI is InChI=1S/C30H45N3O9S/c1-2-3-4-5-6-7-8-9-10-11-12-13-16-24(23(34)15-14-17-26(36)37)43-21-30(31,29(42)32-20-27(38)39)33-22(28(40)41)18-19-25(33)35/h6-7,9-13,16,22-24,34H,2-5,8,14-15,17-21,31H2,1H3,(H,32,42)(H,36,37)(H,38,39)(H,40,41)/b7-6-,10-9+,12-11-,16-13-/t22-,23-,24-,30-/m0/s1. The maximum Gasteiger partial charge on any atom is 0.326 e. The molecule has 1 saturated heterocycles. The fourth-order valence-electron chi connectivity index (χ4n) is 4.38. The predicted molar refractivity (Wildman–Crippen MR) is 164 cm³/mol. The van der Waals surface area contributed by atoms with E-state index in [1.807, 2.05) is 12.2 Å². The van der Waals surface area contributed by atoms with Gasteiger partial charge in [-0.3, -0.25) is 24.9 Å². The molecule has 0 aromatic carbocycles. The SMILES string of the molecule is CCCCC/C=C\C/C=C/C=C\C=C/[C@H](SC[C@@](N)(C(=O)NCC(=O)O)N1C(=O)CC[C@H]1C(=O)O)[C@@H](O)CCCC(=O)O. The van der Waals surface area contributed by atoms with Gasteiger partial charge in [-0.15, -0.1) is 11.8 Å². The number of carbonyl (C=O) groups is 5. The quantitative estimate of drug-likeness (QED) is 0.0587. The van der Waals surface area contributed by atoms with Crippen LogP contribution in [0.4, 0.5) is 0 Å². The molecule has 0 aliphatic carbocycles. The molecule has 0 aromatic heterocycles. The minimum atomic E-state index is -2.23. The summed E-state index contributed by atoms with van der Waals surface area (Å²) < 4.78 is 0. The first-order chi connectivity index (χ1) is 20.4. The lowest BCUT2D eigenvalue weighted by Crippen LogP contribution is -2.70. The Morgan fingerprint density at radius 3 is 2.42 bits per heavy atom. The van der Waals surface area contributed by atoms with Crippen LogP contribution in [0.1, 0.15) is 71.1 Å². The molecule has 7 N–H and O–H groups in total. The van der Waals surface area contributed by atoms with Crippen LogP contribution in [0.2, 0.25) is 0 Å². The highest BCUT2D eigenvalue weighted by Crippen LogP contribution is 2.31. The molecule has 13 heteroatoms. The number of nitrogens with one attached hydrogen (secondary N) is 1. The molecule has 1 heterocycles. The zero-order chi connectivity index (χ0) is 32.3. The highest BCUT2D eigenvalue weighted by atomic mass is 32.2. The van der Waals surface area contributed by atoms with Crippen LogP contribution in [-0.2, 0) is 24.0 Å². The normalized spacial score (nSPS) is 18.5. The minimum Gasteiger partial charge on any atom is -0.481 e. The number of allylic oxidation sites excluding steroid dienone is 7. The van der Waals surface area contributed by atoms with Crippen molar-refractivity contribution >= 4 is 41.5 Å². The van der Waals surface area contributed by atoms with Gasteiger partial charge < -0.3 is 30.6 Å². The number of thioether (sulfide) groups is 1. The lowest BCUT2D eigenvalue weighted by Gasteiger charge is -2.39. The number of rotatable bonds is 22. The summed E-state index contributed by atoms with van der Waals surface area (Å²) in [4.78, 5) is 60.4. The largest absolute Gasteiger partial charge is 0.481 e. The first kappa shape index (κ1) is 37.6. The Morgan fingerprint density at radius 1 is 1.05 bits per heavy atom. The molecule has 12 nitrogen and oxygen atoms in total. The zero-order valence-corrected chi connectivity index (χ0v) is 25.4. The van der Waals surface area contributed by atoms with Crippen molar-refractivity contribution in [2.45, 2.75) is 94.2 Å². The van der Waals surface area contributed by atoms with Gasteiger partial charge in [0.15, 0.2) is 5.66 Å². The van der Waals surface area contributed by atoms with Crippen LogP contribution >= 0.6 is 11.8 Å². The smallest absolute Gasteiger partial charge is 0.326 e. The van der Waals surface area contributed by atoms with Crippen LogP contribution in [0.5, 0.6) is 0 Å². The van der Waals surface area contributed by atoms with Gasteiger partial charge >= 0.3 is 17.9 Å². The summed E-state index contributed by atoms with van der Waals surface area (Å²) >= 11 is 0.978. The lowest BCUT2D eigenvalue weighted by atomic mass is 10.1. The van der Waals surface area contributed by atoms with Crippen molar-refractivity contribution in [3.05, 3.63) is 48.6 Å². The first-order valence-electron chi connectivity index (χ1n) is 14.4. The third-order valence-corrected chi connectivity index (χ3v) is 8.13. The van der Waals surface area contributed by atoms with Crippen LogP contribution in [0.3, 0.4) is 0 Å². The second kappa shape index (κ2) is 20.5. The summed E-state index contributed by atoms with van der Waals surface area (Å²) in [7, 11) is 0. The van der Waals surface area contributed by atoms with Crippen molar-refractivity contribution in [3.63, 3.8) is 0 Å². The van der Waals surface area contributed by atoms with Crippen molar-refractivity contribution in [3.8, 4) is 0 Å². The fourth-order valence-corrected chi connectivity index (χ4v) is 5.66. The summed E-state index contributed by atoms with van der Waals surface area (Å²) in [5.41, 5.74) is 4.18. The van der Waals surface area contributed by atoms with Crippen LogP contribution in [0.25, 0.3) is 0 Å². The molecule has 0 spiro atoms.